The second kappa shape index (κ2) is 8.75. The molecule has 0 spiro atoms. The summed E-state index contributed by atoms with van der Waals surface area (Å²) in [6, 6.07) is 0. The molecule has 0 amide bonds. The first-order valence-corrected chi connectivity index (χ1v) is 6.32. The molecule has 0 radical (unpaired) electrons. The number of carbonyl (C=O) groups excluding carboxylic acids is 1. The molecule has 15 heavy (non-hydrogen) atoms. The average molecular weight is 214 g/mol. The Morgan fingerprint density at radius 1 is 1.13 bits per heavy atom. The van der Waals surface area contributed by atoms with Crippen LogP contribution in [0, 0.1) is 5.92 Å². The molecule has 0 rings (SSSR count). The van der Waals surface area contributed by atoms with Crippen LogP contribution >= 0.6 is 0 Å². The Bertz CT molecular complexity index is 166. The molecule has 0 bridgehead atoms. The van der Waals surface area contributed by atoms with E-state index in [0.29, 0.717) is 0 Å². The van der Waals surface area contributed by atoms with E-state index in [1.54, 1.807) is 0 Å². The minimum Gasteiger partial charge on any atom is -0.462 e. The Morgan fingerprint density at radius 3 is 2.33 bits per heavy atom. The zero-order valence-corrected chi connectivity index (χ0v) is 10.7. The highest BCUT2D eigenvalue weighted by atomic mass is 16.5. The van der Waals surface area contributed by atoms with Gasteiger partial charge in [0.05, 0.1) is 12.0 Å². The van der Waals surface area contributed by atoms with E-state index in [1.165, 1.54) is 25.7 Å². The lowest BCUT2D eigenvalue weighted by Crippen LogP contribution is -2.20. The van der Waals surface area contributed by atoms with Crippen LogP contribution in [0.25, 0.3) is 0 Å². The van der Waals surface area contributed by atoms with Gasteiger partial charge in [-0.25, -0.2) is 0 Å². The SMILES string of the molecule is CCCCCCC(C)OC(=O)C(C)CC. The molecule has 2 heteroatoms. The van der Waals surface area contributed by atoms with Gasteiger partial charge in [0.25, 0.3) is 0 Å². The fourth-order valence-electron chi connectivity index (χ4n) is 1.40. The van der Waals surface area contributed by atoms with Crippen LogP contribution in [0.5, 0.6) is 0 Å². The predicted octanol–water partition coefficient (Wildman–Crippen LogP) is 3.93. The molecule has 2 atom stereocenters. The summed E-state index contributed by atoms with van der Waals surface area (Å²) in [4.78, 5) is 11.5. The van der Waals surface area contributed by atoms with Gasteiger partial charge in [-0.2, -0.15) is 0 Å². The van der Waals surface area contributed by atoms with Gasteiger partial charge >= 0.3 is 5.97 Å². The Labute approximate surface area is 94.4 Å². The molecule has 0 aromatic carbocycles. The largest absolute Gasteiger partial charge is 0.462 e. The molecule has 0 aliphatic heterocycles. The van der Waals surface area contributed by atoms with Gasteiger partial charge in [-0.1, -0.05) is 40.0 Å². The van der Waals surface area contributed by atoms with E-state index in [9.17, 15) is 4.79 Å². The van der Waals surface area contributed by atoms with Crippen molar-refractivity contribution < 1.29 is 9.53 Å². The molecular formula is C13H26O2. The highest BCUT2D eigenvalue weighted by Gasteiger charge is 2.14. The topological polar surface area (TPSA) is 26.3 Å². The summed E-state index contributed by atoms with van der Waals surface area (Å²) < 4.78 is 5.34. The third-order valence-electron chi connectivity index (χ3n) is 2.80. The van der Waals surface area contributed by atoms with Gasteiger partial charge in [0.2, 0.25) is 0 Å². The van der Waals surface area contributed by atoms with Crippen molar-refractivity contribution in [3.8, 4) is 0 Å². The van der Waals surface area contributed by atoms with Crippen LogP contribution in [-0.2, 0) is 9.53 Å². The highest BCUT2D eigenvalue weighted by Crippen LogP contribution is 2.11. The molecule has 0 heterocycles. The van der Waals surface area contributed by atoms with E-state index >= 15 is 0 Å². The first kappa shape index (κ1) is 14.5. The highest BCUT2D eigenvalue weighted by molar-refractivity contribution is 5.72. The first-order valence-electron chi connectivity index (χ1n) is 6.32. The van der Waals surface area contributed by atoms with Crippen LogP contribution < -0.4 is 0 Å². The van der Waals surface area contributed by atoms with Crippen LogP contribution in [-0.4, -0.2) is 12.1 Å². The third kappa shape index (κ3) is 7.40. The Kier molecular flexibility index (Phi) is 8.44. The van der Waals surface area contributed by atoms with Crippen LogP contribution in [0.2, 0.25) is 0 Å². The van der Waals surface area contributed by atoms with Crippen molar-refractivity contribution in [3.05, 3.63) is 0 Å². The third-order valence-corrected chi connectivity index (χ3v) is 2.80. The van der Waals surface area contributed by atoms with Gasteiger partial charge in [-0.3, -0.25) is 4.79 Å². The number of ether oxygens (including phenoxy) is 1. The lowest BCUT2D eigenvalue weighted by atomic mass is 10.1. The van der Waals surface area contributed by atoms with E-state index in [0.717, 1.165) is 12.8 Å². The normalized spacial score (nSPS) is 14.7. The summed E-state index contributed by atoms with van der Waals surface area (Å²) in [5, 5.41) is 0. The first-order chi connectivity index (χ1) is 7.11. The van der Waals surface area contributed by atoms with Crippen molar-refractivity contribution in [2.75, 3.05) is 0 Å². The molecule has 0 saturated carbocycles. The molecule has 0 aromatic rings. The lowest BCUT2D eigenvalue weighted by molar-refractivity contribution is -0.153. The van der Waals surface area contributed by atoms with Crippen LogP contribution in [0.15, 0.2) is 0 Å². The minimum absolute atomic E-state index is 0.0412. The molecule has 2 unspecified atom stereocenters. The van der Waals surface area contributed by atoms with Crippen molar-refractivity contribution in [3.63, 3.8) is 0 Å². The quantitative estimate of drug-likeness (QED) is 0.452. The summed E-state index contributed by atoms with van der Waals surface area (Å²) in [5.74, 6) is 0.00332. The molecule has 0 aliphatic carbocycles. The second-order valence-corrected chi connectivity index (χ2v) is 4.41. The summed E-state index contributed by atoms with van der Waals surface area (Å²) in [6.45, 7) is 8.13. The number of hydrogen-bond donors (Lipinski definition) is 0. The smallest absolute Gasteiger partial charge is 0.308 e. The van der Waals surface area contributed by atoms with Gasteiger partial charge in [0, 0.05) is 0 Å². The molecular weight excluding hydrogens is 188 g/mol. The zero-order valence-electron chi connectivity index (χ0n) is 10.7. The van der Waals surface area contributed by atoms with Gasteiger partial charge in [-0.15, -0.1) is 0 Å². The van der Waals surface area contributed by atoms with Crippen molar-refractivity contribution in [2.24, 2.45) is 5.92 Å². The fraction of sp³-hybridized carbons (Fsp3) is 0.923. The maximum Gasteiger partial charge on any atom is 0.308 e. The molecule has 0 fully saturated rings. The molecule has 90 valence electrons. The van der Waals surface area contributed by atoms with Crippen molar-refractivity contribution in [2.45, 2.75) is 72.3 Å². The van der Waals surface area contributed by atoms with E-state index in [-0.39, 0.29) is 18.0 Å². The number of hydrogen-bond acceptors (Lipinski definition) is 2. The summed E-state index contributed by atoms with van der Waals surface area (Å²) in [6.07, 6.45) is 6.91. The maximum absolute atomic E-state index is 11.5. The average Bonchev–Trinajstić information content (AvgIpc) is 2.23. The number of carbonyl (C=O) groups is 1. The fourth-order valence-corrected chi connectivity index (χ4v) is 1.40. The predicted molar refractivity (Wildman–Crippen MR) is 63.8 cm³/mol. The monoisotopic (exact) mass is 214 g/mol. The van der Waals surface area contributed by atoms with Gasteiger partial charge < -0.3 is 4.74 Å². The summed E-state index contributed by atoms with van der Waals surface area (Å²) in [5.41, 5.74) is 0. The van der Waals surface area contributed by atoms with E-state index in [4.69, 9.17) is 4.74 Å². The van der Waals surface area contributed by atoms with Gasteiger partial charge in [0.1, 0.15) is 0 Å². The van der Waals surface area contributed by atoms with Crippen molar-refractivity contribution in [1.82, 2.24) is 0 Å². The zero-order chi connectivity index (χ0) is 11.7. The number of rotatable bonds is 8. The number of esters is 1. The lowest BCUT2D eigenvalue weighted by Gasteiger charge is -2.15. The Morgan fingerprint density at radius 2 is 1.80 bits per heavy atom. The molecule has 0 N–H and O–H groups in total. The van der Waals surface area contributed by atoms with E-state index in [2.05, 4.69) is 6.92 Å². The second-order valence-electron chi connectivity index (χ2n) is 4.41. The molecule has 2 nitrogen and oxygen atoms in total. The standard InChI is InChI=1S/C13H26O2/c1-5-7-8-9-10-12(4)15-13(14)11(3)6-2/h11-12H,5-10H2,1-4H3. The number of unbranched alkanes of at least 4 members (excludes halogenated alkanes) is 3. The van der Waals surface area contributed by atoms with E-state index < -0.39 is 0 Å². The minimum atomic E-state index is -0.0412. The Balaban J connectivity index is 3.55. The summed E-state index contributed by atoms with van der Waals surface area (Å²) >= 11 is 0. The van der Waals surface area contributed by atoms with Gasteiger partial charge in [-0.05, 0) is 26.2 Å². The van der Waals surface area contributed by atoms with E-state index in [1.807, 2.05) is 20.8 Å². The van der Waals surface area contributed by atoms with Crippen LogP contribution in [0.4, 0.5) is 0 Å². The van der Waals surface area contributed by atoms with Crippen molar-refractivity contribution in [1.29, 1.82) is 0 Å². The maximum atomic E-state index is 11.5. The molecule has 0 aromatic heterocycles. The molecule has 0 aliphatic rings. The van der Waals surface area contributed by atoms with Crippen LogP contribution in [0.3, 0.4) is 0 Å². The Hall–Kier alpha value is -0.530. The summed E-state index contributed by atoms with van der Waals surface area (Å²) in [7, 11) is 0. The van der Waals surface area contributed by atoms with Crippen molar-refractivity contribution >= 4 is 5.97 Å². The molecule has 0 saturated heterocycles. The van der Waals surface area contributed by atoms with Crippen LogP contribution in [0.1, 0.15) is 66.2 Å². The van der Waals surface area contributed by atoms with Gasteiger partial charge in [0.15, 0.2) is 0 Å².